The van der Waals surface area contributed by atoms with Gasteiger partial charge in [-0.05, 0) is 0 Å². The molecule has 0 amide bonds. The Balaban J connectivity index is 2.95. The third kappa shape index (κ3) is 0.885. The van der Waals surface area contributed by atoms with E-state index in [-0.39, 0.29) is 26.2 Å². The summed E-state index contributed by atoms with van der Waals surface area (Å²) in [4.78, 5) is 0. The maximum absolute atomic E-state index is 12.9. The van der Waals surface area contributed by atoms with Crippen molar-refractivity contribution in [3.63, 3.8) is 0 Å². The van der Waals surface area contributed by atoms with Crippen molar-refractivity contribution < 1.29 is 4.39 Å². The summed E-state index contributed by atoms with van der Waals surface area (Å²) in [6, 6.07) is 7.21. The van der Waals surface area contributed by atoms with E-state index in [1.807, 2.05) is 12.1 Å². The molecule has 2 rings (SSSR count). The molecule has 0 aliphatic heterocycles. The summed E-state index contributed by atoms with van der Waals surface area (Å²) in [5, 5.41) is 0.824. The van der Waals surface area contributed by atoms with Crippen LogP contribution in [0.2, 0.25) is 0 Å². The molecule has 0 radical (unpaired) electrons. The van der Waals surface area contributed by atoms with Gasteiger partial charge in [-0.1, -0.05) is 0 Å². The molecule has 0 unspecified atom stereocenters. The van der Waals surface area contributed by atoms with Crippen LogP contribution in [0.3, 0.4) is 0 Å². The molecule has 0 bridgehead atoms. The van der Waals surface area contributed by atoms with E-state index in [2.05, 4.69) is 4.08 Å². The van der Waals surface area contributed by atoms with Crippen LogP contribution >= 0.6 is 0 Å². The van der Waals surface area contributed by atoms with Crippen LogP contribution in [-0.4, -0.2) is 20.4 Å². The van der Waals surface area contributed by atoms with Gasteiger partial charge in [0.25, 0.3) is 0 Å². The Morgan fingerprint density at radius 3 is 2.90 bits per heavy atom. The van der Waals surface area contributed by atoms with Crippen LogP contribution in [0, 0.1) is 5.82 Å². The third-order valence-corrected chi connectivity index (χ3v) is 3.96. The summed E-state index contributed by atoms with van der Waals surface area (Å²) in [6.07, 6.45) is 0. The van der Waals surface area contributed by atoms with Crippen molar-refractivity contribution in [2.45, 2.75) is 0 Å². The van der Waals surface area contributed by atoms with Crippen molar-refractivity contribution in [2.75, 3.05) is 0 Å². The summed E-state index contributed by atoms with van der Waals surface area (Å²) in [7, 11) is 0. The summed E-state index contributed by atoms with van der Waals surface area (Å²) >= 11 is -0.178. The fourth-order valence-corrected chi connectivity index (χ4v) is 3.24. The molecular weight excluding hydrogens is 243 g/mol. The molecule has 0 N–H and O–H groups in total. The molecule has 0 aliphatic carbocycles. The Morgan fingerprint density at radius 1 is 1.20 bits per heavy atom. The number of hydrogen-bond donors (Lipinski definition) is 0. The van der Waals surface area contributed by atoms with Crippen LogP contribution in [0.4, 0.5) is 4.39 Å². The van der Waals surface area contributed by atoms with Gasteiger partial charge in [0.15, 0.2) is 0 Å². The first kappa shape index (κ1) is 6.39. The molecule has 0 fully saturated rings. The molecule has 0 saturated carbocycles. The van der Waals surface area contributed by atoms with Crippen LogP contribution in [0.1, 0.15) is 0 Å². The molecule has 1 aromatic carbocycles. The van der Waals surface area contributed by atoms with Gasteiger partial charge in [-0.15, -0.1) is 0 Å². The van der Waals surface area contributed by atoms with Gasteiger partial charge in [-0.2, -0.15) is 0 Å². The van der Waals surface area contributed by atoms with Crippen molar-refractivity contribution in [3.8, 4) is 0 Å². The predicted molar refractivity (Wildman–Crippen MR) is 40.8 cm³/mol. The zero-order valence-corrected chi connectivity index (χ0v) is 7.50. The van der Waals surface area contributed by atoms with E-state index in [1.165, 1.54) is 9.47 Å². The molecule has 50 valence electrons. The van der Waals surface area contributed by atoms with Crippen LogP contribution < -0.4 is 0 Å². The van der Waals surface area contributed by atoms with Gasteiger partial charge in [0.2, 0.25) is 0 Å². The minimum absolute atomic E-state index is 0.0728. The molecule has 0 aliphatic rings. The van der Waals surface area contributed by atoms with Gasteiger partial charge < -0.3 is 0 Å². The molecule has 0 saturated heterocycles. The molecule has 1 heterocycles. The first-order valence-corrected chi connectivity index (χ1v) is 5.51. The Hall–Kier alpha value is -0.320. The molecule has 10 heavy (non-hydrogen) atoms. The van der Waals surface area contributed by atoms with E-state index in [9.17, 15) is 4.39 Å². The van der Waals surface area contributed by atoms with E-state index in [0.717, 1.165) is 5.39 Å². The molecule has 2 aromatic rings. The van der Waals surface area contributed by atoms with Crippen molar-refractivity contribution in [3.05, 3.63) is 34.2 Å². The second-order valence-corrected chi connectivity index (χ2v) is 4.78. The van der Waals surface area contributed by atoms with Gasteiger partial charge in [0, 0.05) is 0 Å². The Kier molecular flexibility index (Phi) is 1.52. The number of hydrogen-bond acceptors (Lipinski definition) is 0. The zero-order valence-electron chi connectivity index (χ0n) is 5.17. The Morgan fingerprint density at radius 2 is 2.10 bits per heavy atom. The van der Waals surface area contributed by atoms with Crippen molar-refractivity contribution >= 4 is 29.2 Å². The number of rotatable bonds is 0. The molecule has 2 heteroatoms. The van der Waals surface area contributed by atoms with Crippen LogP contribution in [-0.2, 0) is 0 Å². The van der Waals surface area contributed by atoms with E-state index in [1.54, 1.807) is 6.07 Å². The monoisotopic (exact) mass is 250 g/mol. The van der Waals surface area contributed by atoms with Gasteiger partial charge in [0.05, 0.1) is 0 Å². The number of fused-ring (bicyclic) bond motifs is 1. The third-order valence-electron chi connectivity index (χ3n) is 1.44. The van der Waals surface area contributed by atoms with Crippen molar-refractivity contribution in [1.82, 2.24) is 0 Å². The fraction of sp³-hybridized carbons (Fsp3) is 0. The maximum atomic E-state index is 12.9. The second-order valence-electron chi connectivity index (χ2n) is 2.07. The van der Waals surface area contributed by atoms with Gasteiger partial charge >= 0.3 is 67.8 Å². The van der Waals surface area contributed by atoms with Crippen molar-refractivity contribution in [2.24, 2.45) is 0 Å². The quantitative estimate of drug-likeness (QED) is 0.625. The zero-order chi connectivity index (χ0) is 6.97. The first-order valence-electron chi connectivity index (χ1n) is 2.99. The Labute approximate surface area is 67.9 Å². The molecule has 0 atom stereocenters. The minimum atomic E-state index is -0.178. The summed E-state index contributed by atoms with van der Waals surface area (Å²) in [6.45, 7) is 0. The SMILES string of the molecule is Fc1cccc2[te]ccc12. The number of halogens is 1. The molecule has 1 aromatic heterocycles. The standard InChI is InChI=1S/C8H5FTe/c9-7-2-1-3-8-6(7)4-5-10-8/h1-5H. The van der Waals surface area contributed by atoms with Crippen LogP contribution in [0.5, 0.6) is 0 Å². The average molecular weight is 248 g/mol. The van der Waals surface area contributed by atoms with E-state index in [0.29, 0.717) is 0 Å². The fourth-order valence-electron chi connectivity index (χ4n) is 0.957. The molecular formula is C8H5FTe. The number of benzene rings is 1. The Bertz CT molecular complexity index is 351. The molecule has 0 nitrogen and oxygen atoms in total. The predicted octanol–water partition coefficient (Wildman–Crippen LogP) is 2.04. The van der Waals surface area contributed by atoms with Crippen LogP contribution in [0.25, 0.3) is 8.79 Å². The summed E-state index contributed by atoms with van der Waals surface area (Å²) < 4.78 is 16.2. The average Bonchev–Trinajstić information content (AvgIpc) is 2.36. The van der Waals surface area contributed by atoms with Gasteiger partial charge in [-0.25, -0.2) is 0 Å². The van der Waals surface area contributed by atoms with Gasteiger partial charge in [-0.3, -0.25) is 0 Å². The first-order chi connectivity index (χ1) is 4.88. The van der Waals surface area contributed by atoms with E-state index < -0.39 is 0 Å². The second kappa shape index (κ2) is 2.38. The van der Waals surface area contributed by atoms with Crippen LogP contribution in [0.15, 0.2) is 28.3 Å². The van der Waals surface area contributed by atoms with E-state index >= 15 is 0 Å². The molecule has 0 spiro atoms. The normalized spacial score (nSPS) is 10.5. The van der Waals surface area contributed by atoms with Crippen molar-refractivity contribution in [1.29, 1.82) is 0 Å². The van der Waals surface area contributed by atoms with Gasteiger partial charge in [0.1, 0.15) is 0 Å². The summed E-state index contributed by atoms with van der Waals surface area (Å²) in [5.41, 5.74) is 0. The van der Waals surface area contributed by atoms with E-state index in [4.69, 9.17) is 0 Å². The summed E-state index contributed by atoms with van der Waals surface area (Å²) in [5.74, 6) is -0.0728. The topological polar surface area (TPSA) is 0 Å².